The van der Waals surface area contributed by atoms with Gasteiger partial charge in [-0.3, -0.25) is 4.79 Å². The van der Waals surface area contributed by atoms with E-state index in [0.717, 1.165) is 18.0 Å². The van der Waals surface area contributed by atoms with E-state index in [0.29, 0.717) is 6.04 Å². The van der Waals surface area contributed by atoms with Gasteiger partial charge in [-0.25, -0.2) is 4.68 Å². The highest BCUT2D eigenvalue weighted by Gasteiger charge is 2.22. The third kappa shape index (κ3) is 3.06. The van der Waals surface area contributed by atoms with E-state index in [1.807, 2.05) is 11.6 Å². The Morgan fingerprint density at radius 2 is 2.12 bits per heavy atom. The van der Waals surface area contributed by atoms with Crippen molar-refractivity contribution in [2.45, 2.75) is 62.4 Å². The van der Waals surface area contributed by atoms with Crippen LogP contribution in [0.2, 0.25) is 0 Å². The van der Waals surface area contributed by atoms with Gasteiger partial charge < -0.3 is 0 Å². The summed E-state index contributed by atoms with van der Waals surface area (Å²) in [5.41, 5.74) is 0. The molecule has 0 bridgehead atoms. The van der Waals surface area contributed by atoms with Crippen molar-refractivity contribution in [3.63, 3.8) is 0 Å². The molecule has 6 heteroatoms. The maximum absolute atomic E-state index is 11.3. The van der Waals surface area contributed by atoms with Crippen LogP contribution in [0.1, 0.15) is 52.0 Å². The van der Waals surface area contributed by atoms with Crippen LogP contribution in [0.3, 0.4) is 0 Å². The predicted molar refractivity (Wildman–Crippen MR) is 65.9 cm³/mol. The average molecular weight is 254 g/mol. The Kier molecular flexibility index (Phi) is 4.15. The lowest BCUT2D eigenvalue weighted by molar-refractivity contribution is -0.116. The number of aromatic nitrogens is 4. The van der Waals surface area contributed by atoms with Gasteiger partial charge in [0.1, 0.15) is 5.78 Å². The molecule has 1 saturated carbocycles. The summed E-state index contributed by atoms with van der Waals surface area (Å²) in [5, 5.41) is 12.5. The van der Waals surface area contributed by atoms with Gasteiger partial charge in [0.25, 0.3) is 0 Å². The van der Waals surface area contributed by atoms with Crippen molar-refractivity contribution in [1.82, 2.24) is 20.2 Å². The molecule has 0 aromatic carbocycles. The quantitative estimate of drug-likeness (QED) is 0.771. The summed E-state index contributed by atoms with van der Waals surface area (Å²) in [4.78, 5) is 11.3. The lowest BCUT2D eigenvalue weighted by Gasteiger charge is -2.22. The number of thioether (sulfide) groups is 1. The van der Waals surface area contributed by atoms with Crippen molar-refractivity contribution in [2.75, 3.05) is 0 Å². The number of hydrogen-bond donors (Lipinski definition) is 0. The molecule has 0 spiro atoms. The third-order valence-electron chi connectivity index (χ3n) is 3.24. The second-order valence-electron chi connectivity index (χ2n) is 4.57. The van der Waals surface area contributed by atoms with E-state index >= 15 is 0 Å². The van der Waals surface area contributed by atoms with E-state index in [2.05, 4.69) is 15.5 Å². The molecule has 1 unspecified atom stereocenters. The molecule has 0 radical (unpaired) electrons. The number of Topliss-reactive ketones (excluding diaryl/α,β-unsaturated/α-hetero) is 1. The van der Waals surface area contributed by atoms with E-state index in [1.54, 1.807) is 6.92 Å². The zero-order chi connectivity index (χ0) is 12.3. The highest BCUT2D eigenvalue weighted by molar-refractivity contribution is 8.00. The second kappa shape index (κ2) is 5.62. The largest absolute Gasteiger partial charge is 0.299 e. The zero-order valence-electron chi connectivity index (χ0n) is 10.3. The molecule has 1 atom stereocenters. The van der Waals surface area contributed by atoms with Gasteiger partial charge in [-0.1, -0.05) is 31.0 Å². The Balaban J connectivity index is 2.07. The van der Waals surface area contributed by atoms with Gasteiger partial charge in [0.2, 0.25) is 5.16 Å². The van der Waals surface area contributed by atoms with Gasteiger partial charge in [0.15, 0.2) is 0 Å². The number of rotatable bonds is 4. The Labute approximate surface area is 105 Å². The molecule has 1 fully saturated rings. The van der Waals surface area contributed by atoms with Gasteiger partial charge in [-0.15, -0.1) is 5.10 Å². The summed E-state index contributed by atoms with van der Waals surface area (Å²) in [6, 6.07) is 0.417. The highest BCUT2D eigenvalue weighted by atomic mass is 32.2. The van der Waals surface area contributed by atoms with Gasteiger partial charge in [-0.2, -0.15) is 0 Å². The van der Waals surface area contributed by atoms with Gasteiger partial charge in [0, 0.05) is 0 Å². The standard InChI is InChI=1S/C11H18N4OS/c1-8(16)9(2)17-11-12-13-14-15(11)10-6-4-3-5-7-10/h9-10H,3-7H2,1-2H3. The van der Waals surface area contributed by atoms with E-state index in [9.17, 15) is 4.79 Å². The monoisotopic (exact) mass is 254 g/mol. The number of ketones is 1. The first-order valence-electron chi connectivity index (χ1n) is 6.13. The van der Waals surface area contributed by atoms with Gasteiger partial charge in [0.05, 0.1) is 11.3 Å². The number of carbonyl (C=O) groups excluding carboxylic acids is 1. The minimum absolute atomic E-state index is 0.0802. The van der Waals surface area contributed by atoms with Crippen LogP contribution >= 0.6 is 11.8 Å². The molecule has 0 amide bonds. The van der Waals surface area contributed by atoms with Crippen LogP contribution < -0.4 is 0 Å². The fraction of sp³-hybridized carbons (Fsp3) is 0.818. The average Bonchev–Trinajstić information content (AvgIpc) is 2.78. The van der Waals surface area contributed by atoms with Crippen molar-refractivity contribution < 1.29 is 4.79 Å². The van der Waals surface area contributed by atoms with E-state index < -0.39 is 0 Å². The van der Waals surface area contributed by atoms with Crippen LogP contribution in [0.15, 0.2) is 5.16 Å². The molecule has 1 aliphatic rings. The number of tetrazole rings is 1. The maximum Gasteiger partial charge on any atom is 0.210 e. The van der Waals surface area contributed by atoms with Crippen molar-refractivity contribution in [2.24, 2.45) is 0 Å². The van der Waals surface area contributed by atoms with E-state index in [1.165, 1.54) is 31.0 Å². The summed E-state index contributed by atoms with van der Waals surface area (Å²) in [7, 11) is 0. The first-order chi connectivity index (χ1) is 8.18. The molecule has 1 aromatic rings. The minimum atomic E-state index is -0.0802. The topological polar surface area (TPSA) is 60.7 Å². The van der Waals surface area contributed by atoms with Gasteiger partial charge in [-0.05, 0) is 37.1 Å². The van der Waals surface area contributed by atoms with Crippen LogP contribution in [0.5, 0.6) is 0 Å². The van der Waals surface area contributed by atoms with E-state index in [-0.39, 0.29) is 11.0 Å². The smallest absolute Gasteiger partial charge is 0.210 e. The highest BCUT2D eigenvalue weighted by Crippen LogP contribution is 2.31. The van der Waals surface area contributed by atoms with Crippen LogP contribution in [0, 0.1) is 0 Å². The Hall–Kier alpha value is -0.910. The summed E-state index contributed by atoms with van der Waals surface area (Å²) in [5.74, 6) is 0.160. The Bertz CT molecular complexity index is 387. The predicted octanol–water partition coefficient (Wildman–Crippen LogP) is 2.25. The SMILES string of the molecule is CC(=O)C(C)Sc1nnnn1C1CCCCC1. The molecule has 0 saturated heterocycles. The zero-order valence-corrected chi connectivity index (χ0v) is 11.1. The summed E-state index contributed by atoms with van der Waals surface area (Å²) >= 11 is 1.46. The molecule has 2 rings (SSSR count). The van der Waals surface area contributed by atoms with Crippen LogP contribution in [0.4, 0.5) is 0 Å². The van der Waals surface area contributed by atoms with Crippen molar-refractivity contribution >= 4 is 17.5 Å². The van der Waals surface area contributed by atoms with Crippen molar-refractivity contribution in [3.8, 4) is 0 Å². The van der Waals surface area contributed by atoms with Crippen molar-refractivity contribution in [1.29, 1.82) is 0 Å². The summed E-state index contributed by atoms with van der Waals surface area (Å²) in [6.07, 6.45) is 6.10. The lowest BCUT2D eigenvalue weighted by atomic mass is 9.96. The Morgan fingerprint density at radius 3 is 2.76 bits per heavy atom. The molecule has 0 N–H and O–H groups in total. The normalized spacial score (nSPS) is 19.2. The first kappa shape index (κ1) is 12.5. The van der Waals surface area contributed by atoms with Crippen LogP contribution in [0.25, 0.3) is 0 Å². The number of carbonyl (C=O) groups is 1. The lowest BCUT2D eigenvalue weighted by Crippen LogP contribution is -2.17. The molecule has 5 nitrogen and oxygen atoms in total. The molecular formula is C11H18N4OS. The molecule has 1 aromatic heterocycles. The minimum Gasteiger partial charge on any atom is -0.299 e. The molecule has 94 valence electrons. The first-order valence-corrected chi connectivity index (χ1v) is 7.01. The Morgan fingerprint density at radius 1 is 1.41 bits per heavy atom. The molecule has 1 aliphatic carbocycles. The molecular weight excluding hydrogens is 236 g/mol. The number of nitrogens with zero attached hydrogens (tertiary/aromatic N) is 4. The number of hydrogen-bond acceptors (Lipinski definition) is 5. The fourth-order valence-electron chi connectivity index (χ4n) is 2.06. The summed E-state index contributed by atoms with van der Waals surface area (Å²) in [6.45, 7) is 3.50. The van der Waals surface area contributed by atoms with Crippen LogP contribution in [-0.2, 0) is 4.79 Å². The molecule has 1 heterocycles. The fourth-order valence-corrected chi connectivity index (χ4v) is 2.92. The second-order valence-corrected chi connectivity index (χ2v) is 5.88. The van der Waals surface area contributed by atoms with E-state index in [4.69, 9.17) is 0 Å². The third-order valence-corrected chi connectivity index (χ3v) is 4.40. The van der Waals surface area contributed by atoms with Crippen molar-refractivity contribution in [3.05, 3.63) is 0 Å². The van der Waals surface area contributed by atoms with Gasteiger partial charge >= 0.3 is 0 Å². The molecule has 17 heavy (non-hydrogen) atoms. The summed E-state index contributed by atoms with van der Waals surface area (Å²) < 4.78 is 1.91. The molecule has 0 aliphatic heterocycles. The maximum atomic E-state index is 11.3. The van der Waals surface area contributed by atoms with Crippen LogP contribution in [-0.4, -0.2) is 31.2 Å².